The Hall–Kier alpha value is -5.49. The number of rotatable bonds is 40. The monoisotopic (exact) mass is 889 g/mol. The molecule has 6 heteroatoms. The standard InChI is InChI=1S/C59H84O6/c1-4-7-10-13-16-19-21-23-25-27-29-31-33-35-37-40-43-46-49-52-58(61)64-55-56(54-63-57(60)51-48-45-42-39-18-15-12-9-6-3)65-59(62)53-50-47-44-41-38-36-34-32-30-28-26-24-22-20-17-14-11-8-5-2/h7-12,16-20,23-26,29-32,35-39,43-48,56H,4-6,13-15,21-22,27-28,33-34,40-42,49-55H2,1-3H3/b10-7-,11-8-,12-9-,19-16-,20-17-,25-23-,26-24-,31-29-,32-30-,37-35-,38-36-,39-18-,46-43-,47-44-,48-45-. The average Bonchev–Trinajstić information content (AvgIpc) is 3.30. The van der Waals surface area contributed by atoms with Gasteiger partial charge < -0.3 is 14.2 Å². The van der Waals surface area contributed by atoms with Crippen molar-refractivity contribution in [3.63, 3.8) is 0 Å². The second-order valence-corrected chi connectivity index (χ2v) is 14.9. The maximum atomic E-state index is 12.7. The molecule has 0 aromatic heterocycles. The highest BCUT2D eigenvalue weighted by molar-refractivity contribution is 5.72. The van der Waals surface area contributed by atoms with Crippen LogP contribution in [0.2, 0.25) is 0 Å². The summed E-state index contributed by atoms with van der Waals surface area (Å²) in [6, 6.07) is 0. The maximum Gasteiger partial charge on any atom is 0.309 e. The summed E-state index contributed by atoms with van der Waals surface area (Å²) in [5.41, 5.74) is 0. The molecule has 0 aromatic carbocycles. The minimum atomic E-state index is -0.894. The van der Waals surface area contributed by atoms with E-state index in [0.717, 1.165) is 96.3 Å². The zero-order valence-electron chi connectivity index (χ0n) is 40.4. The van der Waals surface area contributed by atoms with Crippen molar-refractivity contribution in [2.45, 2.75) is 155 Å². The minimum Gasteiger partial charge on any atom is -0.462 e. The number of hydrogen-bond acceptors (Lipinski definition) is 6. The van der Waals surface area contributed by atoms with Gasteiger partial charge in [-0.2, -0.15) is 0 Å². The zero-order chi connectivity index (χ0) is 47.2. The summed E-state index contributed by atoms with van der Waals surface area (Å²) in [5, 5.41) is 0. The van der Waals surface area contributed by atoms with Crippen LogP contribution in [0, 0.1) is 0 Å². The maximum absolute atomic E-state index is 12.7. The fourth-order valence-corrected chi connectivity index (χ4v) is 5.43. The molecule has 0 fully saturated rings. The van der Waals surface area contributed by atoms with Crippen molar-refractivity contribution in [3.05, 3.63) is 182 Å². The Balaban J connectivity index is 4.68. The topological polar surface area (TPSA) is 78.9 Å². The molecule has 0 saturated carbocycles. The van der Waals surface area contributed by atoms with E-state index >= 15 is 0 Å². The number of hydrogen-bond donors (Lipinski definition) is 0. The third-order valence-corrected chi connectivity index (χ3v) is 8.95. The molecule has 0 aliphatic carbocycles. The Kier molecular flexibility index (Phi) is 46.8. The molecule has 0 spiro atoms. The average molecular weight is 889 g/mol. The van der Waals surface area contributed by atoms with Crippen molar-refractivity contribution in [1.82, 2.24) is 0 Å². The van der Waals surface area contributed by atoms with E-state index < -0.39 is 24.0 Å². The fraction of sp³-hybridized carbons (Fsp3) is 0.441. The van der Waals surface area contributed by atoms with Gasteiger partial charge in [0.15, 0.2) is 6.10 Å². The quantitative estimate of drug-likeness (QED) is 0.0346. The van der Waals surface area contributed by atoms with Gasteiger partial charge in [0, 0.05) is 12.8 Å². The van der Waals surface area contributed by atoms with Gasteiger partial charge in [-0.25, -0.2) is 0 Å². The molecule has 6 nitrogen and oxygen atoms in total. The van der Waals surface area contributed by atoms with Crippen LogP contribution < -0.4 is 0 Å². The molecule has 0 aromatic rings. The Morgan fingerprint density at radius 3 is 0.862 bits per heavy atom. The third kappa shape index (κ3) is 49.4. The van der Waals surface area contributed by atoms with Crippen molar-refractivity contribution in [2.75, 3.05) is 13.2 Å². The van der Waals surface area contributed by atoms with E-state index in [9.17, 15) is 14.4 Å². The lowest BCUT2D eigenvalue weighted by Gasteiger charge is -2.18. The molecule has 0 amide bonds. The van der Waals surface area contributed by atoms with E-state index in [4.69, 9.17) is 14.2 Å². The molecule has 0 saturated heterocycles. The first kappa shape index (κ1) is 59.5. The van der Waals surface area contributed by atoms with Gasteiger partial charge in [-0.15, -0.1) is 0 Å². The highest BCUT2D eigenvalue weighted by atomic mass is 16.6. The summed E-state index contributed by atoms with van der Waals surface area (Å²) >= 11 is 0. The third-order valence-electron chi connectivity index (χ3n) is 8.95. The van der Waals surface area contributed by atoms with Gasteiger partial charge in [0.05, 0.1) is 6.42 Å². The minimum absolute atomic E-state index is 0.0959. The largest absolute Gasteiger partial charge is 0.462 e. The summed E-state index contributed by atoms with van der Waals surface area (Å²) in [6.45, 7) is 6.01. The van der Waals surface area contributed by atoms with Crippen molar-refractivity contribution in [3.8, 4) is 0 Å². The lowest BCUT2D eigenvalue weighted by atomic mass is 10.2. The van der Waals surface area contributed by atoms with Crippen LogP contribution in [0.3, 0.4) is 0 Å². The van der Waals surface area contributed by atoms with Crippen LogP contribution in [-0.4, -0.2) is 37.2 Å². The van der Waals surface area contributed by atoms with E-state index in [2.05, 4.69) is 161 Å². The number of carbonyl (C=O) groups is 3. The molecule has 0 bridgehead atoms. The molecule has 356 valence electrons. The van der Waals surface area contributed by atoms with Gasteiger partial charge in [-0.05, 0) is 109 Å². The van der Waals surface area contributed by atoms with Gasteiger partial charge in [-0.3, -0.25) is 14.4 Å². The van der Waals surface area contributed by atoms with Crippen molar-refractivity contribution in [2.24, 2.45) is 0 Å². The van der Waals surface area contributed by atoms with Gasteiger partial charge in [0.2, 0.25) is 0 Å². The first-order valence-corrected chi connectivity index (χ1v) is 24.3. The second-order valence-electron chi connectivity index (χ2n) is 14.9. The van der Waals surface area contributed by atoms with Crippen molar-refractivity contribution >= 4 is 17.9 Å². The molecule has 0 radical (unpaired) electrons. The van der Waals surface area contributed by atoms with E-state index in [-0.39, 0.29) is 32.5 Å². The lowest BCUT2D eigenvalue weighted by molar-refractivity contribution is -0.166. The van der Waals surface area contributed by atoms with Gasteiger partial charge in [0.1, 0.15) is 13.2 Å². The molecule has 0 rings (SSSR count). The molecule has 65 heavy (non-hydrogen) atoms. The van der Waals surface area contributed by atoms with Crippen LogP contribution >= 0.6 is 0 Å². The molecular formula is C59H84O6. The van der Waals surface area contributed by atoms with Gasteiger partial charge in [-0.1, -0.05) is 203 Å². The summed E-state index contributed by atoms with van der Waals surface area (Å²) in [4.78, 5) is 37.7. The normalized spacial score (nSPS) is 13.7. The van der Waals surface area contributed by atoms with Gasteiger partial charge in [0.25, 0.3) is 0 Å². The summed E-state index contributed by atoms with van der Waals surface area (Å²) in [6.07, 6.45) is 78.0. The zero-order valence-corrected chi connectivity index (χ0v) is 40.4. The number of allylic oxidation sites excluding steroid dienone is 29. The van der Waals surface area contributed by atoms with Crippen LogP contribution in [0.4, 0.5) is 0 Å². The molecule has 0 aliphatic rings. The van der Waals surface area contributed by atoms with E-state index in [1.54, 1.807) is 6.08 Å². The van der Waals surface area contributed by atoms with E-state index in [0.29, 0.717) is 12.8 Å². The van der Waals surface area contributed by atoms with Crippen LogP contribution in [-0.2, 0) is 28.6 Å². The predicted octanol–water partition coefficient (Wildman–Crippen LogP) is 16.2. The molecule has 0 N–H and O–H groups in total. The lowest BCUT2D eigenvalue weighted by Crippen LogP contribution is -2.30. The fourth-order valence-electron chi connectivity index (χ4n) is 5.43. The summed E-state index contributed by atoms with van der Waals surface area (Å²) in [5.74, 6) is -1.30. The van der Waals surface area contributed by atoms with Crippen LogP contribution in [0.1, 0.15) is 149 Å². The molecule has 1 atom stereocenters. The molecule has 0 aliphatic heterocycles. The SMILES string of the molecule is CC/C=C\C/C=C\C/C=C\C/C=C\C/C=C\C/C=C\CCC(=O)OCC(COC(=O)C/C=C\C/C=C\C/C=C\CC)OC(=O)CC/C=C\C/C=C\C/C=C\C/C=C\C/C=C\C/C=C\CC. The first-order valence-electron chi connectivity index (χ1n) is 24.3. The van der Waals surface area contributed by atoms with Crippen LogP contribution in [0.5, 0.6) is 0 Å². The highest BCUT2D eigenvalue weighted by Crippen LogP contribution is 2.06. The highest BCUT2D eigenvalue weighted by Gasteiger charge is 2.19. The Bertz CT molecular complexity index is 1630. The summed E-state index contributed by atoms with van der Waals surface area (Å²) < 4.78 is 16.5. The Morgan fingerprint density at radius 1 is 0.308 bits per heavy atom. The summed E-state index contributed by atoms with van der Waals surface area (Å²) in [7, 11) is 0. The molecular weight excluding hydrogens is 805 g/mol. The second kappa shape index (κ2) is 51.1. The van der Waals surface area contributed by atoms with Crippen LogP contribution in [0.25, 0.3) is 0 Å². The Labute approximate surface area is 395 Å². The van der Waals surface area contributed by atoms with E-state index in [1.807, 2.05) is 36.5 Å². The number of esters is 3. The van der Waals surface area contributed by atoms with Crippen LogP contribution in [0.15, 0.2) is 182 Å². The smallest absolute Gasteiger partial charge is 0.309 e. The first-order chi connectivity index (χ1) is 32.0. The van der Waals surface area contributed by atoms with E-state index in [1.165, 1.54) is 0 Å². The van der Waals surface area contributed by atoms with Crippen molar-refractivity contribution in [1.29, 1.82) is 0 Å². The molecule has 1 unspecified atom stereocenters. The number of ether oxygens (including phenoxy) is 3. The van der Waals surface area contributed by atoms with Gasteiger partial charge >= 0.3 is 17.9 Å². The van der Waals surface area contributed by atoms with Crippen molar-refractivity contribution < 1.29 is 28.6 Å². The number of carbonyl (C=O) groups excluding carboxylic acids is 3. The Morgan fingerprint density at radius 2 is 0.554 bits per heavy atom. The molecule has 0 heterocycles. The predicted molar refractivity (Wildman–Crippen MR) is 278 cm³/mol.